The van der Waals surface area contributed by atoms with Crippen LogP contribution in [0.3, 0.4) is 0 Å². The number of nitrogens with zero attached hydrogens (tertiary/aromatic N) is 3. The average Bonchev–Trinajstić information content (AvgIpc) is 2.97. The lowest BCUT2D eigenvalue weighted by atomic mass is 10.1. The molecule has 9 heteroatoms. The van der Waals surface area contributed by atoms with E-state index in [1.165, 1.54) is 22.8 Å². The van der Waals surface area contributed by atoms with Crippen LogP contribution in [0.15, 0.2) is 35.3 Å². The molecule has 3 atom stereocenters. The number of non-ortho nitro benzene ring substituents is 1. The summed E-state index contributed by atoms with van der Waals surface area (Å²) in [6, 6.07) is 5.89. The molecule has 132 valence electrons. The highest BCUT2D eigenvalue weighted by Crippen LogP contribution is 2.29. The van der Waals surface area contributed by atoms with Crippen molar-refractivity contribution in [1.82, 2.24) is 9.55 Å². The van der Waals surface area contributed by atoms with Gasteiger partial charge in [-0.05, 0) is 12.5 Å². The first-order valence-corrected chi connectivity index (χ1v) is 7.69. The largest absolute Gasteiger partial charge is 0.394 e. The number of aliphatic hydroxyl groups is 2. The molecule has 2 N–H and O–H groups in total. The molecule has 2 heterocycles. The van der Waals surface area contributed by atoms with E-state index in [-0.39, 0.29) is 18.7 Å². The van der Waals surface area contributed by atoms with Crippen LogP contribution in [0, 0.1) is 17.0 Å². The molecule has 0 bridgehead atoms. The molecule has 3 rings (SSSR count). The topological polar surface area (TPSA) is 128 Å². The fraction of sp³-hybridized carbons (Fsp3) is 0.375. The van der Waals surface area contributed by atoms with E-state index in [4.69, 9.17) is 9.84 Å². The van der Waals surface area contributed by atoms with E-state index in [1.54, 1.807) is 19.2 Å². The van der Waals surface area contributed by atoms with Crippen LogP contribution in [0.2, 0.25) is 0 Å². The van der Waals surface area contributed by atoms with Gasteiger partial charge < -0.3 is 14.9 Å². The van der Waals surface area contributed by atoms with Crippen LogP contribution in [-0.4, -0.2) is 43.5 Å². The van der Waals surface area contributed by atoms with Crippen LogP contribution in [0.4, 0.5) is 5.69 Å². The number of nitro benzene ring substituents is 1. The van der Waals surface area contributed by atoms with E-state index >= 15 is 0 Å². The molecular formula is C16H17N3O6. The zero-order valence-corrected chi connectivity index (χ0v) is 13.4. The molecule has 1 fully saturated rings. The molecule has 1 aromatic heterocycles. The Labute approximate surface area is 142 Å². The Hall–Kier alpha value is -2.62. The number of aromatic nitrogens is 2. The summed E-state index contributed by atoms with van der Waals surface area (Å²) < 4.78 is 6.73. The Balaban J connectivity index is 1.98. The van der Waals surface area contributed by atoms with Gasteiger partial charge in [-0.1, -0.05) is 12.1 Å². The number of nitro groups is 1. The Kier molecular flexibility index (Phi) is 4.62. The molecule has 9 nitrogen and oxygen atoms in total. The minimum Gasteiger partial charge on any atom is -0.394 e. The normalized spacial score (nSPS) is 22.9. The first-order valence-electron chi connectivity index (χ1n) is 7.69. The molecule has 2 aromatic rings. The summed E-state index contributed by atoms with van der Waals surface area (Å²) in [6.45, 7) is 1.39. The Morgan fingerprint density at radius 2 is 2.24 bits per heavy atom. The predicted molar refractivity (Wildman–Crippen MR) is 86.9 cm³/mol. The molecule has 0 aliphatic carbocycles. The standard InChI is InChI=1S/C16H17N3O6/c1-9-7-18(14-6-12(21)13(8-20)25-14)16(22)17-15(9)10-3-2-4-11(5-10)19(23)24/h2-5,7,12-14,20-21H,6,8H2,1H3/t12-,13+,14+/m0/s1. The molecule has 0 unspecified atom stereocenters. The highest BCUT2D eigenvalue weighted by Gasteiger charge is 2.35. The first-order chi connectivity index (χ1) is 11.9. The van der Waals surface area contributed by atoms with Crippen molar-refractivity contribution in [2.75, 3.05) is 6.61 Å². The maximum absolute atomic E-state index is 12.4. The summed E-state index contributed by atoms with van der Waals surface area (Å²) in [5.74, 6) is 0. The lowest BCUT2D eigenvalue weighted by molar-refractivity contribution is -0.384. The molecule has 0 spiro atoms. The van der Waals surface area contributed by atoms with E-state index < -0.39 is 29.0 Å². The van der Waals surface area contributed by atoms with Crippen LogP contribution in [0.25, 0.3) is 11.3 Å². The molecule has 0 radical (unpaired) electrons. The van der Waals surface area contributed by atoms with Gasteiger partial charge >= 0.3 is 5.69 Å². The third kappa shape index (κ3) is 3.29. The van der Waals surface area contributed by atoms with Gasteiger partial charge in [0.1, 0.15) is 12.3 Å². The van der Waals surface area contributed by atoms with Gasteiger partial charge in [-0.15, -0.1) is 0 Å². The van der Waals surface area contributed by atoms with Crippen molar-refractivity contribution in [3.05, 3.63) is 56.6 Å². The zero-order chi connectivity index (χ0) is 18.1. The van der Waals surface area contributed by atoms with Gasteiger partial charge in [-0.3, -0.25) is 14.7 Å². The minimum atomic E-state index is -0.862. The van der Waals surface area contributed by atoms with Crippen molar-refractivity contribution in [3.8, 4) is 11.3 Å². The Bertz CT molecular complexity index is 865. The Morgan fingerprint density at radius 1 is 1.48 bits per heavy atom. The van der Waals surface area contributed by atoms with Gasteiger partial charge in [-0.2, -0.15) is 4.98 Å². The maximum Gasteiger partial charge on any atom is 0.350 e. The number of hydrogen-bond donors (Lipinski definition) is 2. The molecule has 0 amide bonds. The number of hydrogen-bond acceptors (Lipinski definition) is 7. The van der Waals surface area contributed by atoms with Crippen molar-refractivity contribution in [1.29, 1.82) is 0 Å². The van der Waals surface area contributed by atoms with E-state index in [0.29, 0.717) is 16.8 Å². The van der Waals surface area contributed by atoms with Gasteiger partial charge in [0.2, 0.25) is 0 Å². The summed E-state index contributed by atoms with van der Waals surface area (Å²) in [4.78, 5) is 26.8. The van der Waals surface area contributed by atoms with Crippen molar-refractivity contribution >= 4 is 5.69 Å². The van der Waals surface area contributed by atoms with Crippen LogP contribution in [0.1, 0.15) is 18.2 Å². The SMILES string of the molecule is Cc1cn([C@H]2C[C@H](O)[C@@H](CO)O2)c(=O)nc1-c1cccc([N+](=O)[O-])c1. The van der Waals surface area contributed by atoms with Gasteiger partial charge in [0.15, 0.2) is 0 Å². The number of aliphatic hydroxyl groups excluding tert-OH is 2. The quantitative estimate of drug-likeness (QED) is 0.617. The summed E-state index contributed by atoms with van der Waals surface area (Å²) >= 11 is 0. The van der Waals surface area contributed by atoms with Crippen LogP contribution >= 0.6 is 0 Å². The Morgan fingerprint density at radius 3 is 2.88 bits per heavy atom. The second kappa shape index (κ2) is 6.71. The second-order valence-corrected chi connectivity index (χ2v) is 5.88. The minimum absolute atomic E-state index is 0.0871. The van der Waals surface area contributed by atoms with Crippen LogP contribution in [-0.2, 0) is 4.74 Å². The maximum atomic E-state index is 12.4. The van der Waals surface area contributed by atoms with E-state index in [0.717, 1.165) is 0 Å². The molecule has 1 aliphatic heterocycles. The summed E-state index contributed by atoms with van der Waals surface area (Å²) in [5.41, 5.74) is 0.767. The van der Waals surface area contributed by atoms with Crippen molar-refractivity contribution < 1.29 is 19.9 Å². The number of aryl methyl sites for hydroxylation is 1. The molecule has 0 saturated carbocycles. The molecule has 25 heavy (non-hydrogen) atoms. The second-order valence-electron chi connectivity index (χ2n) is 5.88. The monoisotopic (exact) mass is 347 g/mol. The lowest BCUT2D eigenvalue weighted by Gasteiger charge is -2.16. The fourth-order valence-corrected chi connectivity index (χ4v) is 2.88. The number of ether oxygens (including phenoxy) is 1. The van der Waals surface area contributed by atoms with Crippen molar-refractivity contribution in [3.63, 3.8) is 0 Å². The van der Waals surface area contributed by atoms with Crippen molar-refractivity contribution in [2.24, 2.45) is 0 Å². The third-order valence-electron chi connectivity index (χ3n) is 4.16. The summed E-state index contributed by atoms with van der Waals surface area (Å²) in [7, 11) is 0. The van der Waals surface area contributed by atoms with Gasteiger partial charge in [0, 0.05) is 30.3 Å². The van der Waals surface area contributed by atoms with Gasteiger partial charge in [0.05, 0.1) is 23.3 Å². The molecule has 1 aromatic carbocycles. The van der Waals surface area contributed by atoms with Crippen LogP contribution in [0.5, 0.6) is 0 Å². The van der Waals surface area contributed by atoms with E-state index in [1.807, 2.05) is 0 Å². The van der Waals surface area contributed by atoms with Crippen LogP contribution < -0.4 is 5.69 Å². The average molecular weight is 347 g/mol. The molecule has 1 saturated heterocycles. The highest BCUT2D eigenvalue weighted by molar-refractivity contribution is 5.64. The molecular weight excluding hydrogens is 330 g/mol. The zero-order valence-electron chi connectivity index (χ0n) is 13.4. The van der Waals surface area contributed by atoms with Crippen molar-refractivity contribution in [2.45, 2.75) is 31.8 Å². The summed E-state index contributed by atoms with van der Waals surface area (Å²) in [6.07, 6.45) is -0.611. The smallest absolute Gasteiger partial charge is 0.350 e. The third-order valence-corrected chi connectivity index (χ3v) is 4.16. The fourth-order valence-electron chi connectivity index (χ4n) is 2.88. The number of rotatable bonds is 4. The van der Waals surface area contributed by atoms with E-state index in [2.05, 4.69) is 4.98 Å². The first kappa shape index (κ1) is 17.2. The van der Waals surface area contributed by atoms with E-state index in [9.17, 15) is 20.0 Å². The number of benzene rings is 1. The van der Waals surface area contributed by atoms with Gasteiger partial charge in [0.25, 0.3) is 5.69 Å². The molecule has 1 aliphatic rings. The summed E-state index contributed by atoms with van der Waals surface area (Å²) in [5, 5.41) is 29.9. The lowest BCUT2D eigenvalue weighted by Crippen LogP contribution is -2.28. The highest BCUT2D eigenvalue weighted by atomic mass is 16.6. The van der Waals surface area contributed by atoms with Gasteiger partial charge in [-0.25, -0.2) is 4.79 Å². The predicted octanol–water partition coefficient (Wildman–Crippen LogP) is 0.768.